The Hall–Kier alpha value is -2.63. The maximum absolute atomic E-state index is 13.7. The Balaban J connectivity index is 1.41. The highest BCUT2D eigenvalue weighted by molar-refractivity contribution is 9.10. The van der Waals surface area contributed by atoms with Crippen LogP contribution < -0.4 is 9.77 Å². The van der Waals surface area contributed by atoms with E-state index in [1.165, 1.54) is 27.5 Å². The minimum atomic E-state index is -0.728. The Bertz CT molecular complexity index is 1390. The van der Waals surface area contributed by atoms with Gasteiger partial charge in [0.2, 0.25) is 17.7 Å². The number of anilines is 1. The first-order chi connectivity index (χ1) is 17.4. The summed E-state index contributed by atoms with van der Waals surface area (Å²) in [6.45, 7) is 1.32. The van der Waals surface area contributed by atoms with Crippen LogP contribution in [-0.2, 0) is 20.9 Å². The average Bonchev–Trinajstić information content (AvgIpc) is 3.58. The number of hydrogen-bond acceptors (Lipinski definition) is 7. The third-order valence-corrected chi connectivity index (χ3v) is 10.1. The summed E-state index contributed by atoms with van der Waals surface area (Å²) < 4.78 is 8.05. The lowest BCUT2D eigenvalue weighted by molar-refractivity contribution is -0.133. The van der Waals surface area contributed by atoms with E-state index in [1.54, 1.807) is 41.3 Å². The van der Waals surface area contributed by atoms with Crippen molar-refractivity contribution in [1.82, 2.24) is 9.47 Å². The molecule has 11 heteroatoms. The maximum Gasteiger partial charge on any atom is 0.308 e. The van der Waals surface area contributed by atoms with Crippen molar-refractivity contribution in [3.05, 3.63) is 67.4 Å². The Morgan fingerprint density at radius 1 is 1.03 bits per heavy atom. The van der Waals surface area contributed by atoms with E-state index in [1.807, 2.05) is 0 Å². The van der Waals surface area contributed by atoms with Crippen LogP contribution >= 0.6 is 39.0 Å². The van der Waals surface area contributed by atoms with Crippen molar-refractivity contribution in [1.29, 1.82) is 0 Å². The number of likely N-dealkylation sites (tertiary alicyclic amines) is 1. The summed E-state index contributed by atoms with van der Waals surface area (Å²) >= 11 is 5.64. The van der Waals surface area contributed by atoms with Gasteiger partial charge < -0.3 is 9.32 Å². The number of carbonyl (C=O) groups excluding carboxylic acids is 3. The second kappa shape index (κ2) is 9.35. The summed E-state index contributed by atoms with van der Waals surface area (Å²) in [5.41, 5.74) is 0.502. The van der Waals surface area contributed by atoms with Gasteiger partial charge in [0.05, 0.1) is 33.7 Å². The molecule has 3 aliphatic heterocycles. The molecule has 8 nitrogen and oxygen atoms in total. The molecule has 3 aliphatic rings. The zero-order valence-electron chi connectivity index (χ0n) is 19.1. The van der Waals surface area contributed by atoms with E-state index in [0.29, 0.717) is 34.4 Å². The van der Waals surface area contributed by atoms with Crippen LogP contribution in [0.5, 0.6) is 0 Å². The fraction of sp³-hybridized carbons (Fsp3) is 0.360. The molecule has 0 bridgehead atoms. The molecule has 2 unspecified atom stereocenters. The molecule has 1 aromatic carbocycles. The van der Waals surface area contributed by atoms with Crippen LogP contribution in [0.3, 0.4) is 0 Å². The number of aromatic nitrogens is 1. The summed E-state index contributed by atoms with van der Waals surface area (Å²) in [5, 5.41) is -0.147. The van der Waals surface area contributed by atoms with Gasteiger partial charge in [0.25, 0.3) is 0 Å². The zero-order valence-corrected chi connectivity index (χ0v) is 22.3. The van der Waals surface area contributed by atoms with E-state index >= 15 is 0 Å². The molecule has 3 aromatic rings. The highest BCUT2D eigenvalue weighted by Gasteiger charge is 2.57. The number of furan rings is 1. The molecule has 186 valence electrons. The summed E-state index contributed by atoms with van der Waals surface area (Å²) in [6.07, 6.45) is 4.55. The number of halogens is 1. The Morgan fingerprint density at radius 2 is 1.78 bits per heavy atom. The third-order valence-electron chi connectivity index (χ3n) is 6.99. The molecule has 3 amide bonds. The number of benzene rings is 1. The largest absolute Gasteiger partial charge is 0.469 e. The lowest BCUT2D eigenvalue weighted by Crippen LogP contribution is -2.39. The van der Waals surface area contributed by atoms with Gasteiger partial charge in [0, 0.05) is 17.6 Å². The number of hydrogen-bond donors (Lipinski definition) is 0. The number of nitrogens with zero attached hydrogens (tertiary/aromatic N) is 3. The second-order valence-electron chi connectivity index (χ2n) is 9.11. The molecule has 0 saturated carbocycles. The summed E-state index contributed by atoms with van der Waals surface area (Å²) in [5.74, 6) is -1.51. The van der Waals surface area contributed by atoms with Crippen LogP contribution in [-0.4, -0.2) is 45.5 Å². The first-order valence-corrected chi connectivity index (χ1v) is 14.3. The van der Waals surface area contributed by atoms with Gasteiger partial charge in [-0.25, -0.2) is 4.90 Å². The van der Waals surface area contributed by atoms with Crippen molar-refractivity contribution in [2.24, 2.45) is 5.92 Å². The van der Waals surface area contributed by atoms with Gasteiger partial charge >= 0.3 is 4.87 Å². The maximum atomic E-state index is 13.7. The smallest absolute Gasteiger partial charge is 0.308 e. The van der Waals surface area contributed by atoms with Crippen LogP contribution in [0, 0.1) is 5.92 Å². The van der Waals surface area contributed by atoms with E-state index in [0.717, 1.165) is 35.1 Å². The minimum Gasteiger partial charge on any atom is -0.469 e. The predicted molar refractivity (Wildman–Crippen MR) is 139 cm³/mol. The molecule has 2 fully saturated rings. The van der Waals surface area contributed by atoms with Crippen molar-refractivity contribution in [3.8, 4) is 0 Å². The molecular weight excluding hydrogens is 566 g/mol. The minimum absolute atomic E-state index is 0.0709. The highest BCUT2D eigenvalue weighted by atomic mass is 79.9. The molecule has 6 rings (SSSR count). The zero-order chi connectivity index (χ0) is 25.0. The first-order valence-electron chi connectivity index (χ1n) is 11.8. The fourth-order valence-electron chi connectivity index (χ4n) is 5.25. The van der Waals surface area contributed by atoms with Crippen molar-refractivity contribution in [3.63, 3.8) is 0 Å². The predicted octanol–water partition coefficient (Wildman–Crippen LogP) is 4.07. The Kier molecular flexibility index (Phi) is 6.17. The topological polar surface area (TPSA) is 92.8 Å². The number of rotatable bonds is 4. The highest BCUT2D eigenvalue weighted by Crippen LogP contribution is 2.54. The summed E-state index contributed by atoms with van der Waals surface area (Å²) in [6, 6.07) is 10.5. The van der Waals surface area contributed by atoms with Crippen molar-refractivity contribution < 1.29 is 18.8 Å². The van der Waals surface area contributed by atoms with Crippen molar-refractivity contribution in [2.45, 2.75) is 42.0 Å². The molecule has 0 radical (unpaired) electrons. The van der Waals surface area contributed by atoms with Crippen LogP contribution in [0.2, 0.25) is 0 Å². The number of thioether (sulfide) groups is 1. The quantitative estimate of drug-likeness (QED) is 0.427. The van der Waals surface area contributed by atoms with Crippen LogP contribution in [0.1, 0.15) is 35.8 Å². The van der Waals surface area contributed by atoms with Gasteiger partial charge in [-0.15, -0.1) is 0 Å². The van der Waals surface area contributed by atoms with E-state index in [-0.39, 0.29) is 29.1 Å². The number of carbonyl (C=O) groups is 3. The normalized spacial score (nSPS) is 23.6. The lowest BCUT2D eigenvalue weighted by Gasteiger charge is -2.30. The molecule has 2 saturated heterocycles. The number of piperidine rings is 1. The monoisotopic (exact) mass is 587 g/mol. The first kappa shape index (κ1) is 23.7. The van der Waals surface area contributed by atoms with Gasteiger partial charge in [-0.2, -0.15) is 0 Å². The van der Waals surface area contributed by atoms with Crippen LogP contribution in [0.4, 0.5) is 5.69 Å². The number of amides is 3. The molecular formula is C25H22BrN3O5S2. The van der Waals surface area contributed by atoms with Gasteiger partial charge in [0.15, 0.2) is 0 Å². The average molecular weight is 589 g/mol. The molecule has 36 heavy (non-hydrogen) atoms. The summed E-state index contributed by atoms with van der Waals surface area (Å²) in [7, 11) is 0. The molecule has 2 aromatic heterocycles. The number of thiazole rings is 1. The molecule has 0 aliphatic carbocycles. The SMILES string of the molecule is O=C(Cn1c2c(sc1=O)[C@H](c1ccco1)C1C(=O)N(c3ccc(Br)cc3)C(=O)C1S2)N1CCCCC1. The van der Waals surface area contributed by atoms with Gasteiger partial charge in [-0.05, 0) is 55.7 Å². The Labute approximate surface area is 223 Å². The third kappa shape index (κ3) is 3.88. The number of imide groups is 1. The van der Waals surface area contributed by atoms with E-state index in [2.05, 4.69) is 15.9 Å². The van der Waals surface area contributed by atoms with Crippen molar-refractivity contribution >= 4 is 62.4 Å². The molecule has 5 heterocycles. The van der Waals surface area contributed by atoms with Gasteiger partial charge in [-0.3, -0.25) is 23.7 Å². The fourth-order valence-corrected chi connectivity index (χ4v) is 8.27. The molecule has 0 spiro atoms. The van der Waals surface area contributed by atoms with Gasteiger partial charge in [-0.1, -0.05) is 39.0 Å². The van der Waals surface area contributed by atoms with E-state index in [4.69, 9.17) is 4.42 Å². The van der Waals surface area contributed by atoms with Gasteiger partial charge in [0.1, 0.15) is 17.6 Å². The van der Waals surface area contributed by atoms with E-state index in [9.17, 15) is 19.2 Å². The standard InChI is InChI=1S/C25H22BrN3O5S2/c26-14-6-8-15(9-7-14)29-22(31)19-18(16-5-4-12-34-16)21-24(35-20(19)23(29)32)28(25(33)36-21)13-17(30)27-10-2-1-3-11-27/h4-9,12,18-20H,1-3,10-11,13H2/t18-,19?,20?/m1/s1. The second-order valence-corrected chi connectivity index (χ2v) is 12.1. The molecule has 0 N–H and O–H groups in total. The Morgan fingerprint density at radius 3 is 2.47 bits per heavy atom. The number of fused-ring (bicyclic) bond motifs is 2. The van der Waals surface area contributed by atoms with E-state index < -0.39 is 17.1 Å². The van der Waals surface area contributed by atoms with Crippen LogP contribution in [0.25, 0.3) is 0 Å². The lowest BCUT2D eigenvalue weighted by atomic mass is 9.87. The van der Waals surface area contributed by atoms with Crippen LogP contribution in [0.15, 0.2) is 61.4 Å². The summed E-state index contributed by atoms with van der Waals surface area (Å²) in [4.78, 5) is 57.0. The van der Waals surface area contributed by atoms with Crippen molar-refractivity contribution in [2.75, 3.05) is 18.0 Å². The molecule has 3 atom stereocenters.